The van der Waals surface area contributed by atoms with E-state index in [9.17, 15) is 19.7 Å². The number of benzene rings is 2. The number of nitrogens with one attached hydrogen (secondary N) is 2. The summed E-state index contributed by atoms with van der Waals surface area (Å²) in [5, 5.41) is 16.4. The summed E-state index contributed by atoms with van der Waals surface area (Å²) >= 11 is 11.5. The fourth-order valence-corrected chi connectivity index (χ4v) is 2.23. The van der Waals surface area contributed by atoms with E-state index >= 15 is 0 Å². The minimum absolute atomic E-state index is 0.0431. The number of rotatable bonds is 6. The second-order valence-corrected chi connectivity index (χ2v) is 5.85. The molecule has 0 heterocycles. The van der Waals surface area contributed by atoms with Crippen molar-refractivity contribution in [2.75, 3.05) is 6.54 Å². The minimum atomic E-state index is -0.683. The monoisotopic (exact) mass is 381 g/mol. The number of hydrogen-bond acceptors (Lipinski definition) is 4. The van der Waals surface area contributed by atoms with Crippen LogP contribution in [-0.4, -0.2) is 23.3 Å². The Balaban J connectivity index is 1.87. The van der Waals surface area contributed by atoms with Gasteiger partial charge in [0.2, 0.25) is 5.91 Å². The third kappa shape index (κ3) is 5.44. The van der Waals surface area contributed by atoms with Gasteiger partial charge in [-0.3, -0.25) is 19.7 Å². The highest BCUT2D eigenvalue weighted by Crippen LogP contribution is 2.24. The lowest BCUT2D eigenvalue weighted by molar-refractivity contribution is -0.384. The van der Waals surface area contributed by atoms with Crippen LogP contribution in [0.4, 0.5) is 5.69 Å². The van der Waals surface area contributed by atoms with Crippen molar-refractivity contribution in [3.63, 3.8) is 0 Å². The zero-order valence-electron chi connectivity index (χ0n) is 12.8. The van der Waals surface area contributed by atoms with Crippen molar-refractivity contribution < 1.29 is 14.5 Å². The second-order valence-electron chi connectivity index (χ2n) is 5.01. The van der Waals surface area contributed by atoms with E-state index in [4.69, 9.17) is 23.2 Å². The summed E-state index contributed by atoms with van der Waals surface area (Å²) < 4.78 is 0. The van der Waals surface area contributed by atoms with E-state index in [0.717, 1.165) is 11.6 Å². The molecule has 7 nitrogen and oxygen atoms in total. The summed E-state index contributed by atoms with van der Waals surface area (Å²) in [6.45, 7) is 0.0289. The van der Waals surface area contributed by atoms with E-state index in [0.29, 0.717) is 5.02 Å². The zero-order chi connectivity index (χ0) is 18.4. The predicted octanol–water partition coefficient (Wildman–Crippen LogP) is 2.95. The van der Waals surface area contributed by atoms with Gasteiger partial charge in [-0.25, -0.2) is 0 Å². The molecule has 130 valence electrons. The van der Waals surface area contributed by atoms with Crippen LogP contribution in [0.25, 0.3) is 0 Å². The molecule has 0 radical (unpaired) electrons. The van der Waals surface area contributed by atoms with E-state index < -0.39 is 16.7 Å². The normalized spacial score (nSPS) is 10.2. The maximum atomic E-state index is 12.0. The third-order valence-electron chi connectivity index (χ3n) is 3.22. The molecule has 0 aliphatic heterocycles. The quantitative estimate of drug-likeness (QED) is 0.593. The molecule has 0 atom stereocenters. The Morgan fingerprint density at radius 2 is 1.72 bits per heavy atom. The summed E-state index contributed by atoms with van der Waals surface area (Å²) in [6.07, 6.45) is 0. The average Bonchev–Trinajstić information content (AvgIpc) is 2.59. The highest BCUT2D eigenvalue weighted by atomic mass is 35.5. The van der Waals surface area contributed by atoms with Crippen molar-refractivity contribution in [1.29, 1.82) is 0 Å². The van der Waals surface area contributed by atoms with Crippen molar-refractivity contribution in [1.82, 2.24) is 10.6 Å². The first-order chi connectivity index (χ1) is 11.9. The Hall–Kier alpha value is -2.64. The van der Waals surface area contributed by atoms with Crippen molar-refractivity contribution in [2.24, 2.45) is 0 Å². The van der Waals surface area contributed by atoms with Gasteiger partial charge < -0.3 is 10.6 Å². The maximum absolute atomic E-state index is 12.0. The van der Waals surface area contributed by atoms with Crippen molar-refractivity contribution in [2.45, 2.75) is 6.54 Å². The number of carbonyl (C=O) groups excluding carboxylic acids is 2. The van der Waals surface area contributed by atoms with Crippen LogP contribution >= 0.6 is 23.2 Å². The lowest BCUT2D eigenvalue weighted by Gasteiger charge is -2.07. The van der Waals surface area contributed by atoms with E-state index in [2.05, 4.69) is 10.6 Å². The molecule has 0 saturated heterocycles. The van der Waals surface area contributed by atoms with Crippen LogP contribution in [0.2, 0.25) is 10.0 Å². The Bertz CT molecular complexity index is 810. The van der Waals surface area contributed by atoms with E-state index in [1.807, 2.05) is 0 Å². The van der Waals surface area contributed by atoms with E-state index in [-0.39, 0.29) is 29.4 Å². The molecule has 0 unspecified atom stereocenters. The molecule has 2 rings (SSSR count). The van der Waals surface area contributed by atoms with Crippen LogP contribution < -0.4 is 10.6 Å². The molecule has 2 aromatic carbocycles. The third-order valence-corrected chi connectivity index (χ3v) is 3.79. The second kappa shape index (κ2) is 8.46. The first kappa shape index (κ1) is 18.7. The van der Waals surface area contributed by atoms with Crippen LogP contribution in [0.5, 0.6) is 0 Å². The molecular weight excluding hydrogens is 369 g/mol. The zero-order valence-corrected chi connectivity index (χ0v) is 14.3. The SMILES string of the molecule is O=C(CNC(=O)c1ccc(Cl)c([N+](=O)[O-])c1)NCc1ccc(Cl)cc1. The number of nitrogens with zero attached hydrogens (tertiary/aromatic N) is 1. The van der Waals surface area contributed by atoms with Gasteiger partial charge in [-0.1, -0.05) is 35.3 Å². The van der Waals surface area contributed by atoms with Gasteiger partial charge in [0.25, 0.3) is 11.6 Å². The molecule has 0 spiro atoms. The highest BCUT2D eigenvalue weighted by Gasteiger charge is 2.16. The molecule has 2 amide bonds. The molecule has 25 heavy (non-hydrogen) atoms. The molecule has 0 aliphatic rings. The van der Waals surface area contributed by atoms with Gasteiger partial charge in [-0.2, -0.15) is 0 Å². The van der Waals surface area contributed by atoms with Crippen LogP contribution in [0, 0.1) is 10.1 Å². The van der Waals surface area contributed by atoms with Gasteiger partial charge in [0.15, 0.2) is 0 Å². The van der Waals surface area contributed by atoms with Gasteiger partial charge in [-0.15, -0.1) is 0 Å². The smallest absolute Gasteiger partial charge is 0.288 e. The van der Waals surface area contributed by atoms with Gasteiger partial charge in [0, 0.05) is 23.2 Å². The number of halogens is 2. The molecule has 0 aliphatic carbocycles. The first-order valence-electron chi connectivity index (χ1n) is 7.10. The molecular formula is C16H13Cl2N3O4. The predicted molar refractivity (Wildman–Crippen MR) is 93.7 cm³/mol. The van der Waals surface area contributed by atoms with E-state index in [1.165, 1.54) is 12.1 Å². The maximum Gasteiger partial charge on any atom is 0.288 e. The number of nitro benzene ring substituents is 1. The Morgan fingerprint density at radius 1 is 1.04 bits per heavy atom. The Labute approximate surface area is 153 Å². The standard InChI is InChI=1S/C16H13Cl2N3O4/c17-12-4-1-10(2-5-12)8-19-15(22)9-20-16(23)11-3-6-13(18)14(7-11)21(24)25/h1-7H,8-9H2,(H,19,22)(H,20,23). The van der Waals surface area contributed by atoms with Gasteiger partial charge in [0.1, 0.15) is 5.02 Å². The summed E-state index contributed by atoms with van der Waals surface area (Å²) in [4.78, 5) is 33.9. The molecule has 2 aromatic rings. The van der Waals surface area contributed by atoms with Crippen LogP contribution in [0.3, 0.4) is 0 Å². The molecule has 0 aromatic heterocycles. The van der Waals surface area contributed by atoms with E-state index in [1.54, 1.807) is 24.3 Å². The largest absolute Gasteiger partial charge is 0.350 e. The van der Waals surface area contributed by atoms with Crippen LogP contribution in [-0.2, 0) is 11.3 Å². The van der Waals surface area contributed by atoms with Crippen molar-refractivity contribution >= 4 is 40.7 Å². The Kier molecular flexibility index (Phi) is 6.32. The Morgan fingerprint density at radius 3 is 2.36 bits per heavy atom. The number of amides is 2. The van der Waals surface area contributed by atoms with Gasteiger partial charge in [-0.05, 0) is 29.8 Å². The van der Waals surface area contributed by atoms with Crippen LogP contribution in [0.15, 0.2) is 42.5 Å². The molecule has 2 N–H and O–H groups in total. The fourth-order valence-electron chi connectivity index (χ4n) is 1.92. The molecule has 9 heteroatoms. The van der Waals surface area contributed by atoms with Gasteiger partial charge >= 0.3 is 0 Å². The highest BCUT2D eigenvalue weighted by molar-refractivity contribution is 6.32. The number of hydrogen-bond donors (Lipinski definition) is 2. The molecule has 0 bridgehead atoms. The summed E-state index contributed by atoms with van der Waals surface area (Å²) in [6, 6.07) is 10.6. The van der Waals surface area contributed by atoms with Crippen LogP contribution in [0.1, 0.15) is 15.9 Å². The van der Waals surface area contributed by atoms with Crippen molar-refractivity contribution in [3.8, 4) is 0 Å². The molecule has 0 fully saturated rings. The topological polar surface area (TPSA) is 101 Å². The van der Waals surface area contributed by atoms with Gasteiger partial charge in [0.05, 0.1) is 11.5 Å². The lowest BCUT2D eigenvalue weighted by Crippen LogP contribution is -2.36. The first-order valence-corrected chi connectivity index (χ1v) is 7.85. The summed E-state index contributed by atoms with van der Waals surface area (Å²) in [7, 11) is 0. The number of nitro groups is 1. The fraction of sp³-hybridized carbons (Fsp3) is 0.125. The molecule has 0 saturated carbocycles. The lowest BCUT2D eigenvalue weighted by atomic mass is 10.2. The summed E-state index contributed by atoms with van der Waals surface area (Å²) in [5.41, 5.74) is 0.528. The average molecular weight is 382 g/mol. The minimum Gasteiger partial charge on any atom is -0.350 e. The summed E-state index contributed by atoms with van der Waals surface area (Å²) in [5.74, 6) is -1.01. The van der Waals surface area contributed by atoms with Crippen molar-refractivity contribution in [3.05, 3.63) is 73.8 Å². The number of carbonyl (C=O) groups is 2.